The highest BCUT2D eigenvalue weighted by Gasteiger charge is 2.40. The summed E-state index contributed by atoms with van der Waals surface area (Å²) in [6.45, 7) is 11.0. The Morgan fingerprint density at radius 2 is 1.85 bits per heavy atom. The summed E-state index contributed by atoms with van der Waals surface area (Å²) >= 11 is 6.05. The smallest absolute Gasteiger partial charge is 0.267 e. The molecule has 0 saturated carbocycles. The first-order chi connectivity index (χ1) is 9.05. The topological polar surface area (TPSA) is 34.9 Å². The van der Waals surface area contributed by atoms with Gasteiger partial charge in [0.05, 0.1) is 16.4 Å². The molecule has 0 aliphatic rings. The van der Waals surface area contributed by atoms with E-state index in [4.69, 9.17) is 11.6 Å². The molecular formula is C15H21ClN2OSi. The van der Waals surface area contributed by atoms with Gasteiger partial charge in [-0.15, -0.1) is 0 Å². The Kier molecular flexibility index (Phi) is 3.59. The molecule has 0 atom stereocenters. The zero-order valence-electron chi connectivity index (χ0n) is 12.9. The van der Waals surface area contributed by atoms with Gasteiger partial charge >= 0.3 is 0 Å². The van der Waals surface area contributed by atoms with Gasteiger partial charge in [-0.3, -0.25) is 9.78 Å². The summed E-state index contributed by atoms with van der Waals surface area (Å²) in [6, 6.07) is 5.46. The van der Waals surface area contributed by atoms with E-state index in [9.17, 15) is 4.79 Å². The monoisotopic (exact) mass is 308 g/mol. The van der Waals surface area contributed by atoms with Crippen molar-refractivity contribution in [1.29, 1.82) is 0 Å². The van der Waals surface area contributed by atoms with E-state index in [1.807, 2.05) is 12.1 Å². The molecule has 1 aromatic carbocycles. The van der Waals surface area contributed by atoms with Gasteiger partial charge in [-0.05, 0) is 23.2 Å². The molecule has 0 aliphatic heterocycles. The SMILES string of the molecule is Cn1c(=O)c([Si](C)(C)C(C)(C)C)nc2cc(Cl)ccc21. The first-order valence-electron chi connectivity index (χ1n) is 6.72. The normalized spacial score (nSPS) is 12.9. The van der Waals surface area contributed by atoms with Crippen LogP contribution in [0.3, 0.4) is 0 Å². The molecule has 3 nitrogen and oxygen atoms in total. The lowest BCUT2D eigenvalue weighted by molar-refractivity contribution is 0.726. The molecule has 2 aromatic rings. The quantitative estimate of drug-likeness (QED) is 0.758. The average molecular weight is 309 g/mol. The minimum Gasteiger partial charge on any atom is -0.309 e. The van der Waals surface area contributed by atoms with Crippen LogP contribution in [0.25, 0.3) is 11.0 Å². The minimum atomic E-state index is -1.98. The van der Waals surface area contributed by atoms with Crippen molar-refractivity contribution in [3.05, 3.63) is 33.6 Å². The molecule has 0 unspecified atom stereocenters. The minimum absolute atomic E-state index is 0.0198. The molecule has 0 spiro atoms. The molecule has 1 aromatic heterocycles. The second-order valence-electron chi connectivity index (χ2n) is 6.83. The highest BCUT2D eigenvalue weighted by atomic mass is 35.5. The molecule has 0 fully saturated rings. The van der Waals surface area contributed by atoms with Gasteiger partial charge in [0.1, 0.15) is 8.07 Å². The van der Waals surface area contributed by atoms with Gasteiger partial charge in [-0.2, -0.15) is 0 Å². The van der Waals surface area contributed by atoms with Gasteiger partial charge in [0.15, 0.2) is 0 Å². The summed E-state index contributed by atoms with van der Waals surface area (Å²) in [4.78, 5) is 17.3. The summed E-state index contributed by atoms with van der Waals surface area (Å²) in [5.41, 5.74) is 1.63. The number of hydrogen-bond donors (Lipinski definition) is 0. The lowest BCUT2D eigenvalue weighted by atomic mass is 10.2. The van der Waals surface area contributed by atoms with E-state index >= 15 is 0 Å². The fourth-order valence-corrected chi connectivity index (χ4v) is 4.05. The van der Waals surface area contributed by atoms with E-state index < -0.39 is 8.07 Å². The van der Waals surface area contributed by atoms with E-state index in [1.54, 1.807) is 17.7 Å². The highest BCUT2D eigenvalue weighted by molar-refractivity contribution is 6.91. The number of hydrogen-bond acceptors (Lipinski definition) is 2. The highest BCUT2D eigenvalue weighted by Crippen LogP contribution is 2.34. The summed E-state index contributed by atoms with van der Waals surface area (Å²) in [7, 11) is -0.177. The molecule has 0 amide bonds. The van der Waals surface area contributed by atoms with Crippen molar-refractivity contribution in [3.8, 4) is 0 Å². The summed E-state index contributed by atoms with van der Waals surface area (Å²) in [5, 5.41) is 1.44. The van der Waals surface area contributed by atoms with Crippen molar-refractivity contribution in [3.63, 3.8) is 0 Å². The first-order valence-corrected chi connectivity index (χ1v) is 10.1. The van der Waals surface area contributed by atoms with E-state index in [0.29, 0.717) is 5.02 Å². The Labute approximate surface area is 125 Å². The summed E-state index contributed by atoms with van der Waals surface area (Å²) in [5.74, 6) is 0. The van der Waals surface area contributed by atoms with Crippen LogP contribution in [0.4, 0.5) is 0 Å². The van der Waals surface area contributed by atoms with E-state index in [0.717, 1.165) is 16.4 Å². The Bertz CT molecular complexity index is 729. The molecule has 5 heteroatoms. The van der Waals surface area contributed by atoms with Gasteiger partial charge in [-0.25, -0.2) is 0 Å². The van der Waals surface area contributed by atoms with Gasteiger partial charge < -0.3 is 4.57 Å². The van der Waals surface area contributed by atoms with Crippen molar-refractivity contribution in [2.75, 3.05) is 0 Å². The van der Waals surface area contributed by atoms with Crippen LogP contribution < -0.4 is 10.9 Å². The molecule has 108 valence electrons. The van der Waals surface area contributed by atoms with Crippen molar-refractivity contribution >= 4 is 36.0 Å². The molecular weight excluding hydrogens is 288 g/mol. The fourth-order valence-electron chi connectivity index (χ4n) is 2.07. The third-order valence-electron chi connectivity index (χ3n) is 4.51. The van der Waals surface area contributed by atoms with Gasteiger partial charge in [0.2, 0.25) is 0 Å². The Morgan fingerprint density at radius 1 is 1.25 bits per heavy atom. The molecule has 1 heterocycles. The van der Waals surface area contributed by atoms with Crippen LogP contribution in [0.5, 0.6) is 0 Å². The number of benzene rings is 1. The Hall–Kier alpha value is -1.13. The van der Waals surface area contributed by atoms with Crippen molar-refractivity contribution < 1.29 is 0 Å². The van der Waals surface area contributed by atoms with E-state index in [2.05, 4.69) is 38.8 Å². The zero-order chi connectivity index (χ0) is 15.3. The Morgan fingerprint density at radius 3 is 2.40 bits per heavy atom. The van der Waals surface area contributed by atoms with Crippen LogP contribution in [0.15, 0.2) is 23.0 Å². The van der Waals surface area contributed by atoms with Crippen LogP contribution in [-0.4, -0.2) is 17.6 Å². The first kappa shape index (κ1) is 15.3. The number of rotatable bonds is 1. The molecule has 0 saturated heterocycles. The molecule has 0 bridgehead atoms. The number of aromatic nitrogens is 2. The third kappa shape index (κ3) is 2.31. The summed E-state index contributed by atoms with van der Waals surface area (Å²) < 4.78 is 1.69. The predicted molar refractivity (Wildman–Crippen MR) is 88.8 cm³/mol. The van der Waals surface area contributed by atoms with Gasteiger partial charge in [-0.1, -0.05) is 45.5 Å². The Balaban J connectivity index is 2.85. The van der Waals surface area contributed by atoms with Crippen LogP contribution in [0.2, 0.25) is 23.2 Å². The van der Waals surface area contributed by atoms with E-state index in [-0.39, 0.29) is 10.6 Å². The lowest BCUT2D eigenvalue weighted by Crippen LogP contribution is -2.59. The molecule has 2 rings (SSSR count). The van der Waals surface area contributed by atoms with Crippen LogP contribution >= 0.6 is 11.6 Å². The second-order valence-corrected chi connectivity index (χ2v) is 12.5. The third-order valence-corrected chi connectivity index (χ3v) is 10.0. The molecule has 20 heavy (non-hydrogen) atoms. The largest absolute Gasteiger partial charge is 0.309 e. The maximum absolute atomic E-state index is 12.7. The second kappa shape index (κ2) is 4.71. The van der Waals surface area contributed by atoms with Crippen LogP contribution in [0.1, 0.15) is 20.8 Å². The van der Waals surface area contributed by atoms with E-state index in [1.165, 1.54) is 0 Å². The number of fused-ring (bicyclic) bond motifs is 1. The van der Waals surface area contributed by atoms with Crippen molar-refractivity contribution in [1.82, 2.24) is 9.55 Å². The molecule has 0 radical (unpaired) electrons. The molecule has 0 N–H and O–H groups in total. The number of aryl methyl sites for hydroxylation is 1. The standard InChI is InChI=1S/C15H21ClN2OSi/c1-15(2,3)20(5,6)13-14(19)18(4)12-8-7-10(16)9-11(12)17-13/h7-9H,1-6H3. The van der Waals surface area contributed by atoms with Crippen LogP contribution in [-0.2, 0) is 7.05 Å². The maximum atomic E-state index is 12.7. The molecule has 0 aliphatic carbocycles. The number of nitrogens with zero attached hydrogens (tertiary/aromatic N) is 2. The number of halogens is 1. The van der Waals surface area contributed by atoms with Gasteiger partial charge in [0.25, 0.3) is 5.56 Å². The predicted octanol–water partition coefficient (Wildman–Crippen LogP) is 3.30. The van der Waals surface area contributed by atoms with Gasteiger partial charge in [0, 0.05) is 12.1 Å². The van der Waals surface area contributed by atoms with Crippen LogP contribution in [0, 0.1) is 0 Å². The van der Waals surface area contributed by atoms with Crippen molar-refractivity contribution in [2.45, 2.75) is 38.9 Å². The maximum Gasteiger partial charge on any atom is 0.267 e. The van der Waals surface area contributed by atoms with Crippen molar-refractivity contribution in [2.24, 2.45) is 7.05 Å². The lowest BCUT2D eigenvalue weighted by Gasteiger charge is -2.35. The fraction of sp³-hybridized carbons (Fsp3) is 0.467. The average Bonchev–Trinajstić information content (AvgIpc) is 2.31. The summed E-state index contributed by atoms with van der Waals surface area (Å²) in [6.07, 6.45) is 0. The zero-order valence-corrected chi connectivity index (χ0v) is 14.7.